The molecule has 1 fully saturated rings. The summed E-state index contributed by atoms with van der Waals surface area (Å²) in [5.74, 6) is 2.10. The zero-order valence-corrected chi connectivity index (χ0v) is 19.0. The molecule has 2 amide bonds. The van der Waals surface area contributed by atoms with Crippen molar-refractivity contribution < 1.29 is 19.1 Å². The second kappa shape index (κ2) is 9.65. The van der Waals surface area contributed by atoms with Crippen molar-refractivity contribution in [1.82, 2.24) is 14.9 Å². The number of hydrogen-bond acceptors (Lipinski definition) is 6. The van der Waals surface area contributed by atoms with Crippen molar-refractivity contribution in [3.8, 4) is 5.75 Å². The van der Waals surface area contributed by atoms with Crippen LogP contribution in [0.25, 0.3) is 0 Å². The number of benzene rings is 1. The fraction of sp³-hybridized carbons (Fsp3) is 0.500. The molecule has 0 saturated carbocycles. The van der Waals surface area contributed by atoms with E-state index in [1.165, 1.54) is 0 Å². The van der Waals surface area contributed by atoms with Crippen molar-refractivity contribution in [2.24, 2.45) is 0 Å². The number of methoxy groups -OCH3 is 2. The molecule has 8 heteroatoms. The maximum Gasteiger partial charge on any atom is 0.228 e. The zero-order chi connectivity index (χ0) is 22.7. The second-order valence-electron chi connectivity index (χ2n) is 8.25. The van der Waals surface area contributed by atoms with Crippen LogP contribution in [0, 0.1) is 6.92 Å². The van der Waals surface area contributed by atoms with Crippen LogP contribution in [-0.4, -0.2) is 54.1 Å². The average Bonchev–Trinajstić information content (AvgIpc) is 3.29. The number of fused-ring (bicyclic) bond motifs is 1. The van der Waals surface area contributed by atoms with Gasteiger partial charge in [0.1, 0.15) is 11.6 Å². The SMILES string of the molecule is COCCC(=O)N1CCC[C@H]1c1nc(C)c2c(n1)N(Cc1ccccc1OC)C(=O)CC2. The Hall–Kier alpha value is -3.00. The van der Waals surface area contributed by atoms with Crippen LogP contribution in [0.3, 0.4) is 0 Å². The molecule has 1 saturated heterocycles. The van der Waals surface area contributed by atoms with E-state index in [4.69, 9.17) is 19.4 Å². The molecule has 2 aliphatic rings. The number of rotatable bonds is 7. The number of aryl methyl sites for hydroxylation is 1. The van der Waals surface area contributed by atoms with Crippen LogP contribution in [0.4, 0.5) is 5.82 Å². The minimum Gasteiger partial charge on any atom is -0.496 e. The van der Waals surface area contributed by atoms with Crippen LogP contribution in [-0.2, 0) is 27.3 Å². The molecule has 0 unspecified atom stereocenters. The van der Waals surface area contributed by atoms with E-state index >= 15 is 0 Å². The molecule has 0 N–H and O–H groups in total. The highest BCUT2D eigenvalue weighted by molar-refractivity contribution is 5.95. The third-order valence-electron chi connectivity index (χ3n) is 6.27. The highest BCUT2D eigenvalue weighted by Crippen LogP contribution is 2.36. The third-order valence-corrected chi connectivity index (χ3v) is 6.27. The normalized spacial score (nSPS) is 18.1. The fourth-order valence-electron chi connectivity index (χ4n) is 4.59. The van der Waals surface area contributed by atoms with Gasteiger partial charge in [0.05, 0.1) is 32.7 Å². The largest absolute Gasteiger partial charge is 0.496 e. The molecule has 1 atom stereocenters. The summed E-state index contributed by atoms with van der Waals surface area (Å²) in [6.45, 7) is 3.43. The van der Waals surface area contributed by atoms with Crippen LogP contribution in [0.5, 0.6) is 5.75 Å². The number of nitrogens with zero attached hydrogens (tertiary/aromatic N) is 4. The summed E-state index contributed by atoms with van der Waals surface area (Å²) in [6, 6.07) is 7.53. The molecule has 170 valence electrons. The number of ether oxygens (including phenoxy) is 2. The first-order valence-corrected chi connectivity index (χ1v) is 11.1. The van der Waals surface area contributed by atoms with Gasteiger partial charge >= 0.3 is 0 Å². The van der Waals surface area contributed by atoms with Crippen LogP contribution in [0.15, 0.2) is 24.3 Å². The summed E-state index contributed by atoms with van der Waals surface area (Å²) < 4.78 is 10.6. The molecule has 3 heterocycles. The smallest absolute Gasteiger partial charge is 0.228 e. The summed E-state index contributed by atoms with van der Waals surface area (Å²) in [7, 11) is 3.22. The van der Waals surface area contributed by atoms with E-state index in [1.54, 1.807) is 19.1 Å². The first-order chi connectivity index (χ1) is 15.5. The lowest BCUT2D eigenvalue weighted by Crippen LogP contribution is -2.37. The van der Waals surface area contributed by atoms with E-state index in [1.807, 2.05) is 36.1 Å². The molecule has 2 aliphatic heterocycles. The summed E-state index contributed by atoms with van der Waals surface area (Å²) in [5, 5.41) is 0. The molecule has 0 radical (unpaired) electrons. The number of anilines is 1. The minimum absolute atomic E-state index is 0.0342. The number of hydrogen-bond donors (Lipinski definition) is 0. The number of amides is 2. The van der Waals surface area contributed by atoms with Crippen LogP contribution >= 0.6 is 0 Å². The Balaban J connectivity index is 1.68. The van der Waals surface area contributed by atoms with Crippen molar-refractivity contribution >= 4 is 17.6 Å². The molecular weight excluding hydrogens is 408 g/mol. The fourth-order valence-corrected chi connectivity index (χ4v) is 4.59. The molecule has 8 nitrogen and oxygen atoms in total. The van der Waals surface area contributed by atoms with Crippen molar-refractivity contribution in [3.63, 3.8) is 0 Å². The predicted octanol–water partition coefficient (Wildman–Crippen LogP) is 2.97. The molecular formula is C24H30N4O4. The number of likely N-dealkylation sites (tertiary alicyclic amines) is 1. The Morgan fingerprint density at radius 1 is 1.19 bits per heavy atom. The van der Waals surface area contributed by atoms with E-state index in [9.17, 15) is 9.59 Å². The topological polar surface area (TPSA) is 84.9 Å². The van der Waals surface area contributed by atoms with Gasteiger partial charge in [-0.25, -0.2) is 9.97 Å². The lowest BCUT2D eigenvalue weighted by molar-refractivity contribution is -0.133. The first kappa shape index (κ1) is 22.2. The van der Waals surface area contributed by atoms with Gasteiger partial charge in [-0.2, -0.15) is 0 Å². The van der Waals surface area contributed by atoms with E-state index < -0.39 is 0 Å². The standard InChI is InChI=1S/C24H30N4O4/c1-16-18-10-11-21(29)28(15-17-7-4-5-9-20(17)32-3)24(18)26-23(25-16)19-8-6-13-27(19)22(30)12-14-31-2/h4-5,7,9,19H,6,8,10-15H2,1-3H3/t19-/m0/s1. The molecule has 2 aromatic rings. The molecule has 4 rings (SSSR count). The van der Waals surface area contributed by atoms with Gasteiger partial charge in [-0.3, -0.25) is 14.5 Å². The Morgan fingerprint density at radius 2 is 2.00 bits per heavy atom. The highest BCUT2D eigenvalue weighted by atomic mass is 16.5. The van der Waals surface area contributed by atoms with E-state index in [0.29, 0.717) is 50.6 Å². The Kier molecular flexibility index (Phi) is 6.69. The summed E-state index contributed by atoms with van der Waals surface area (Å²) >= 11 is 0. The summed E-state index contributed by atoms with van der Waals surface area (Å²) in [4.78, 5) is 38.9. The van der Waals surface area contributed by atoms with Crippen molar-refractivity contribution in [2.75, 3.05) is 32.3 Å². The van der Waals surface area contributed by atoms with Gasteiger partial charge < -0.3 is 14.4 Å². The van der Waals surface area contributed by atoms with Crippen LogP contribution in [0.1, 0.15) is 54.4 Å². The predicted molar refractivity (Wildman–Crippen MR) is 119 cm³/mol. The van der Waals surface area contributed by atoms with Gasteiger partial charge in [-0.05, 0) is 32.3 Å². The van der Waals surface area contributed by atoms with Crippen LogP contribution < -0.4 is 9.64 Å². The first-order valence-electron chi connectivity index (χ1n) is 11.1. The van der Waals surface area contributed by atoms with Crippen molar-refractivity contribution in [1.29, 1.82) is 0 Å². The lowest BCUT2D eigenvalue weighted by atomic mass is 10.0. The van der Waals surface area contributed by atoms with Gasteiger partial charge in [-0.1, -0.05) is 18.2 Å². The monoisotopic (exact) mass is 438 g/mol. The van der Waals surface area contributed by atoms with Crippen molar-refractivity contribution in [3.05, 3.63) is 46.9 Å². The maximum atomic E-state index is 12.9. The quantitative estimate of drug-likeness (QED) is 0.661. The summed E-state index contributed by atoms with van der Waals surface area (Å²) in [5.41, 5.74) is 2.79. The number of carbonyl (C=O) groups is 2. The van der Waals surface area contributed by atoms with Gasteiger partial charge in [0.15, 0.2) is 5.82 Å². The van der Waals surface area contributed by atoms with Gasteiger partial charge in [-0.15, -0.1) is 0 Å². The highest BCUT2D eigenvalue weighted by Gasteiger charge is 2.35. The molecule has 0 bridgehead atoms. The number of aromatic nitrogens is 2. The minimum atomic E-state index is -0.173. The van der Waals surface area contributed by atoms with E-state index in [2.05, 4.69) is 0 Å². The second-order valence-corrected chi connectivity index (χ2v) is 8.25. The Labute approximate surface area is 188 Å². The zero-order valence-electron chi connectivity index (χ0n) is 19.0. The number of para-hydroxylation sites is 1. The lowest BCUT2D eigenvalue weighted by Gasteiger charge is -2.31. The Morgan fingerprint density at radius 3 is 2.78 bits per heavy atom. The molecule has 1 aromatic carbocycles. The molecule has 0 spiro atoms. The van der Waals surface area contributed by atoms with Crippen LogP contribution in [0.2, 0.25) is 0 Å². The third kappa shape index (κ3) is 4.32. The maximum absolute atomic E-state index is 12.9. The van der Waals surface area contributed by atoms with Gasteiger partial charge in [0, 0.05) is 36.9 Å². The summed E-state index contributed by atoms with van der Waals surface area (Å²) in [6.07, 6.45) is 3.13. The molecule has 1 aromatic heterocycles. The average molecular weight is 439 g/mol. The van der Waals surface area contributed by atoms with Crippen molar-refractivity contribution in [2.45, 2.75) is 51.6 Å². The number of carbonyl (C=O) groups excluding carboxylic acids is 2. The Bertz CT molecular complexity index is 1010. The van der Waals surface area contributed by atoms with E-state index in [0.717, 1.165) is 35.4 Å². The molecule has 32 heavy (non-hydrogen) atoms. The van der Waals surface area contributed by atoms with Gasteiger partial charge in [0.2, 0.25) is 11.8 Å². The molecule has 0 aliphatic carbocycles. The van der Waals surface area contributed by atoms with E-state index in [-0.39, 0.29) is 17.9 Å². The van der Waals surface area contributed by atoms with Gasteiger partial charge in [0.25, 0.3) is 0 Å².